The van der Waals surface area contributed by atoms with E-state index >= 15 is 0 Å². The van der Waals surface area contributed by atoms with E-state index in [9.17, 15) is 9.59 Å². The summed E-state index contributed by atoms with van der Waals surface area (Å²) in [5, 5.41) is 4.22. The number of ether oxygens (including phenoxy) is 3. The van der Waals surface area contributed by atoms with E-state index in [2.05, 4.69) is 10.1 Å². The number of hydrogen-bond acceptors (Lipinski definition) is 6. The molecular weight excluding hydrogens is 453 g/mol. The summed E-state index contributed by atoms with van der Waals surface area (Å²) in [5.74, 6) is 0.736. The van der Waals surface area contributed by atoms with Crippen molar-refractivity contribution in [2.75, 3.05) is 19.8 Å². The zero-order valence-corrected chi connectivity index (χ0v) is 15.9. The molecule has 0 saturated heterocycles. The lowest BCUT2D eigenvalue weighted by atomic mass is 10.1. The molecule has 2 aromatic heterocycles. The molecule has 3 aromatic rings. The average molecular weight is 467 g/mol. The van der Waals surface area contributed by atoms with Gasteiger partial charge in [0.2, 0.25) is 0 Å². The maximum atomic E-state index is 12.5. The van der Waals surface area contributed by atoms with Crippen molar-refractivity contribution in [1.82, 2.24) is 14.6 Å². The van der Waals surface area contributed by atoms with Crippen LogP contribution in [0.3, 0.4) is 0 Å². The van der Waals surface area contributed by atoms with Crippen LogP contribution in [0.2, 0.25) is 0 Å². The van der Waals surface area contributed by atoms with Crippen molar-refractivity contribution >= 4 is 34.1 Å². The molecule has 3 heterocycles. The van der Waals surface area contributed by atoms with Gasteiger partial charge in [-0.25, -0.2) is 9.31 Å². The number of hydrogen-bond donors (Lipinski definition) is 1. The van der Waals surface area contributed by atoms with E-state index in [0.717, 1.165) is 5.56 Å². The van der Waals surface area contributed by atoms with Crippen molar-refractivity contribution in [1.29, 1.82) is 0 Å². The van der Waals surface area contributed by atoms with Gasteiger partial charge in [0.15, 0.2) is 17.2 Å². The highest BCUT2D eigenvalue weighted by Crippen LogP contribution is 2.33. The fourth-order valence-corrected chi connectivity index (χ4v) is 3.56. The Labute approximate surface area is 161 Å². The maximum Gasteiger partial charge on any atom is 0.359 e. The molecule has 26 heavy (non-hydrogen) atoms. The Hall–Kier alpha value is -2.56. The number of aromatic amines is 1. The molecule has 0 atom stereocenters. The number of carbonyl (C=O) groups is 1. The quantitative estimate of drug-likeness (QED) is 0.469. The second kappa shape index (κ2) is 6.63. The molecule has 1 aliphatic heterocycles. The zero-order valence-electron chi connectivity index (χ0n) is 13.7. The Morgan fingerprint density at radius 3 is 2.88 bits per heavy atom. The monoisotopic (exact) mass is 467 g/mol. The standard InChI is InChI=1S/C17H14IN3O5/c1-2-24-17(23)14-13(18)15-16(22)19-10(8-21(15)20-14)9-3-4-11-12(7-9)26-6-5-25-11/h3-4,7-8H,2,5-6H2,1H3,(H,19,22). The van der Waals surface area contributed by atoms with Crippen LogP contribution in [-0.4, -0.2) is 40.4 Å². The summed E-state index contributed by atoms with van der Waals surface area (Å²) in [6.45, 7) is 2.94. The SMILES string of the molecule is CCOC(=O)c1nn2cc(-c3ccc4c(c3)OCCO4)[nH]c(=O)c2c1I. The highest BCUT2D eigenvalue weighted by molar-refractivity contribution is 14.1. The van der Waals surface area contributed by atoms with Gasteiger partial charge in [0.25, 0.3) is 5.56 Å². The fraction of sp³-hybridized carbons (Fsp3) is 0.235. The van der Waals surface area contributed by atoms with Gasteiger partial charge in [-0.1, -0.05) is 0 Å². The van der Waals surface area contributed by atoms with Crippen molar-refractivity contribution in [3.63, 3.8) is 0 Å². The van der Waals surface area contributed by atoms with Gasteiger partial charge < -0.3 is 19.2 Å². The summed E-state index contributed by atoms with van der Waals surface area (Å²) in [7, 11) is 0. The molecule has 0 saturated carbocycles. The maximum absolute atomic E-state index is 12.5. The molecule has 0 amide bonds. The zero-order chi connectivity index (χ0) is 18.3. The smallest absolute Gasteiger partial charge is 0.359 e. The number of rotatable bonds is 3. The number of fused-ring (bicyclic) bond motifs is 2. The van der Waals surface area contributed by atoms with E-state index < -0.39 is 5.97 Å². The number of aromatic nitrogens is 3. The van der Waals surface area contributed by atoms with Crippen LogP contribution in [0.25, 0.3) is 16.8 Å². The Bertz CT molecular complexity index is 1070. The number of esters is 1. The van der Waals surface area contributed by atoms with Gasteiger partial charge >= 0.3 is 5.97 Å². The summed E-state index contributed by atoms with van der Waals surface area (Å²) >= 11 is 1.93. The third kappa shape index (κ3) is 2.81. The first kappa shape index (κ1) is 16.9. The number of nitrogens with zero attached hydrogens (tertiary/aromatic N) is 2. The van der Waals surface area contributed by atoms with E-state index in [0.29, 0.717) is 39.5 Å². The van der Waals surface area contributed by atoms with Crippen molar-refractivity contribution < 1.29 is 19.0 Å². The number of carbonyl (C=O) groups excluding carboxylic acids is 1. The molecule has 1 aromatic carbocycles. The van der Waals surface area contributed by atoms with Gasteiger partial charge in [-0.2, -0.15) is 5.10 Å². The summed E-state index contributed by atoms with van der Waals surface area (Å²) < 4.78 is 17.9. The normalized spacial score (nSPS) is 13.0. The molecule has 0 aliphatic carbocycles. The predicted octanol–water partition coefficient (Wildman–Crippen LogP) is 2.24. The highest BCUT2D eigenvalue weighted by Gasteiger charge is 2.21. The minimum atomic E-state index is -0.555. The van der Waals surface area contributed by atoms with Crippen LogP contribution in [0.15, 0.2) is 29.2 Å². The average Bonchev–Trinajstić information content (AvgIpc) is 2.98. The van der Waals surface area contributed by atoms with Crippen LogP contribution in [-0.2, 0) is 4.74 Å². The molecular formula is C17H14IN3O5. The van der Waals surface area contributed by atoms with Crippen LogP contribution in [0, 0.1) is 3.57 Å². The first-order valence-corrected chi connectivity index (χ1v) is 9.04. The minimum Gasteiger partial charge on any atom is -0.486 e. The van der Waals surface area contributed by atoms with Crippen LogP contribution in [0.1, 0.15) is 17.4 Å². The van der Waals surface area contributed by atoms with Crippen molar-refractivity contribution in [3.8, 4) is 22.8 Å². The van der Waals surface area contributed by atoms with E-state index in [1.54, 1.807) is 25.3 Å². The third-order valence-electron chi connectivity index (χ3n) is 3.89. The summed E-state index contributed by atoms with van der Waals surface area (Å²) in [5.41, 5.74) is 1.38. The Morgan fingerprint density at radius 2 is 2.12 bits per heavy atom. The van der Waals surface area contributed by atoms with Crippen LogP contribution >= 0.6 is 22.6 Å². The summed E-state index contributed by atoms with van der Waals surface area (Å²) in [4.78, 5) is 27.4. The van der Waals surface area contributed by atoms with Gasteiger partial charge in [0, 0.05) is 5.56 Å². The lowest BCUT2D eigenvalue weighted by Gasteiger charge is -2.18. The summed E-state index contributed by atoms with van der Waals surface area (Å²) in [6.07, 6.45) is 1.66. The Balaban J connectivity index is 1.82. The predicted molar refractivity (Wildman–Crippen MR) is 101 cm³/mol. The number of H-pyrrole nitrogens is 1. The van der Waals surface area contributed by atoms with Crippen LogP contribution < -0.4 is 15.0 Å². The van der Waals surface area contributed by atoms with Gasteiger partial charge in [-0.15, -0.1) is 0 Å². The van der Waals surface area contributed by atoms with E-state index in [4.69, 9.17) is 14.2 Å². The van der Waals surface area contributed by atoms with E-state index in [-0.39, 0.29) is 17.9 Å². The van der Waals surface area contributed by atoms with Gasteiger partial charge in [-0.05, 0) is 47.7 Å². The largest absolute Gasteiger partial charge is 0.486 e. The molecule has 4 rings (SSSR count). The molecule has 0 unspecified atom stereocenters. The molecule has 0 spiro atoms. The molecule has 0 bridgehead atoms. The first-order valence-electron chi connectivity index (χ1n) is 7.96. The lowest BCUT2D eigenvalue weighted by Crippen LogP contribution is -2.15. The lowest BCUT2D eigenvalue weighted by molar-refractivity contribution is 0.0518. The number of halogens is 1. The topological polar surface area (TPSA) is 94.9 Å². The molecule has 0 radical (unpaired) electrons. The fourth-order valence-electron chi connectivity index (χ4n) is 2.74. The molecule has 134 valence electrons. The van der Waals surface area contributed by atoms with Gasteiger partial charge in [0.1, 0.15) is 18.7 Å². The van der Waals surface area contributed by atoms with E-state index in [1.165, 1.54) is 4.52 Å². The first-order chi connectivity index (χ1) is 12.6. The van der Waals surface area contributed by atoms with Gasteiger partial charge in [-0.3, -0.25) is 4.79 Å². The summed E-state index contributed by atoms with van der Waals surface area (Å²) in [6, 6.07) is 5.42. The van der Waals surface area contributed by atoms with E-state index in [1.807, 2.05) is 28.7 Å². The Morgan fingerprint density at radius 1 is 1.35 bits per heavy atom. The van der Waals surface area contributed by atoms with Crippen molar-refractivity contribution in [3.05, 3.63) is 44.0 Å². The minimum absolute atomic E-state index is 0.122. The molecule has 0 fully saturated rings. The van der Waals surface area contributed by atoms with Crippen LogP contribution in [0.5, 0.6) is 11.5 Å². The molecule has 8 nitrogen and oxygen atoms in total. The number of benzene rings is 1. The Kier molecular flexibility index (Phi) is 4.31. The second-order valence-electron chi connectivity index (χ2n) is 5.53. The highest BCUT2D eigenvalue weighted by atomic mass is 127. The van der Waals surface area contributed by atoms with Gasteiger partial charge in [0.05, 0.1) is 22.1 Å². The van der Waals surface area contributed by atoms with Crippen molar-refractivity contribution in [2.24, 2.45) is 0 Å². The van der Waals surface area contributed by atoms with Crippen LogP contribution in [0.4, 0.5) is 0 Å². The molecule has 1 aliphatic rings. The molecule has 1 N–H and O–H groups in total. The third-order valence-corrected chi connectivity index (χ3v) is 4.91. The van der Waals surface area contributed by atoms with Crippen molar-refractivity contribution in [2.45, 2.75) is 6.92 Å². The molecule has 9 heteroatoms. The number of nitrogens with one attached hydrogen (secondary N) is 1. The second-order valence-corrected chi connectivity index (χ2v) is 6.61.